The van der Waals surface area contributed by atoms with Gasteiger partial charge in [-0.15, -0.1) is 0 Å². The summed E-state index contributed by atoms with van der Waals surface area (Å²) in [4.78, 5) is 36.9. The van der Waals surface area contributed by atoms with E-state index in [2.05, 4.69) is 0 Å². The van der Waals surface area contributed by atoms with Gasteiger partial charge in [0.1, 0.15) is 11.2 Å². The molecule has 1 N–H and O–H groups in total. The molecule has 9 heteroatoms. The molecule has 1 fully saturated rings. The van der Waals surface area contributed by atoms with Crippen molar-refractivity contribution >= 4 is 18.2 Å². The van der Waals surface area contributed by atoms with Gasteiger partial charge < -0.3 is 14.6 Å². The van der Waals surface area contributed by atoms with Crippen LogP contribution in [0.1, 0.15) is 48.0 Å². The number of carbonyl (C=O) groups is 3. The summed E-state index contributed by atoms with van der Waals surface area (Å²) in [6, 6.07) is 0. The zero-order valence-corrected chi connectivity index (χ0v) is 15.1. The molecule has 7 nitrogen and oxygen atoms in total. The lowest BCUT2D eigenvalue weighted by Gasteiger charge is -2.32. The Morgan fingerprint density at radius 2 is 1.44 bits per heavy atom. The monoisotopic (exact) mass is 363 g/mol. The highest BCUT2D eigenvalue weighted by Gasteiger charge is 2.68. The third-order valence-corrected chi connectivity index (χ3v) is 3.23. The molecule has 0 saturated heterocycles. The number of imide groups is 1. The Bertz CT molecular complexity index is 573. The van der Waals surface area contributed by atoms with E-state index in [-0.39, 0.29) is 11.3 Å². The van der Waals surface area contributed by atoms with Crippen molar-refractivity contribution in [3.63, 3.8) is 0 Å². The van der Waals surface area contributed by atoms with E-state index < -0.39 is 46.9 Å². The van der Waals surface area contributed by atoms with Gasteiger partial charge in [-0.2, -0.15) is 13.7 Å². The fourth-order valence-electron chi connectivity index (χ4n) is 2.24. The molecule has 1 aliphatic carbocycles. The van der Waals surface area contributed by atoms with Crippen LogP contribution in [-0.4, -0.2) is 44.9 Å². The third kappa shape index (κ3) is 5.14. The van der Waals surface area contributed by atoms with E-state index in [0.29, 0.717) is 6.08 Å². The first-order chi connectivity index (χ1) is 11.1. The molecular weight excluding hydrogens is 340 g/mol. The van der Waals surface area contributed by atoms with E-state index >= 15 is 0 Å². The minimum Gasteiger partial charge on any atom is -0.479 e. The molecule has 2 amide bonds. The molecule has 0 aromatic heterocycles. The number of aliphatic carboxylic acids is 1. The summed E-state index contributed by atoms with van der Waals surface area (Å²) in [5, 5.41) is 9.52. The molecule has 0 aromatic carbocycles. The summed E-state index contributed by atoms with van der Waals surface area (Å²) in [7, 11) is 0. The van der Waals surface area contributed by atoms with Crippen molar-refractivity contribution in [3.8, 4) is 0 Å². The lowest BCUT2D eigenvalue weighted by Crippen LogP contribution is -2.54. The van der Waals surface area contributed by atoms with Crippen LogP contribution in [0.25, 0.3) is 0 Å². The Morgan fingerprint density at radius 3 is 1.72 bits per heavy atom. The summed E-state index contributed by atoms with van der Waals surface area (Å²) < 4.78 is 35.3. The van der Waals surface area contributed by atoms with Gasteiger partial charge in [-0.3, -0.25) is 0 Å². The fourth-order valence-corrected chi connectivity index (χ4v) is 2.24. The molecule has 2 unspecified atom stereocenters. The number of hydrogen-bond donors (Lipinski definition) is 1. The minimum absolute atomic E-state index is 0.288. The van der Waals surface area contributed by atoms with Gasteiger partial charge in [-0.05, 0) is 54.0 Å². The summed E-state index contributed by atoms with van der Waals surface area (Å²) in [6.07, 6.45) is -4.56. The van der Waals surface area contributed by atoms with Crippen molar-refractivity contribution in [1.29, 1.82) is 0 Å². The molecule has 1 aliphatic rings. The number of carbonyl (C=O) groups excluding carboxylic acids is 2. The number of ether oxygens (including phenoxy) is 2. The van der Waals surface area contributed by atoms with Crippen LogP contribution in [-0.2, 0) is 14.3 Å². The van der Waals surface area contributed by atoms with E-state index in [4.69, 9.17) is 9.47 Å². The van der Waals surface area contributed by atoms with Gasteiger partial charge >= 0.3 is 18.2 Å². The number of carboxylic acids is 1. The van der Waals surface area contributed by atoms with Crippen molar-refractivity contribution < 1.29 is 37.7 Å². The summed E-state index contributed by atoms with van der Waals surface area (Å²) in [5.41, 5.74) is -4.21. The van der Waals surface area contributed by atoms with Crippen molar-refractivity contribution in [3.05, 3.63) is 12.2 Å². The van der Waals surface area contributed by atoms with Crippen LogP contribution in [0.2, 0.25) is 0 Å². The van der Waals surface area contributed by atoms with Crippen LogP contribution >= 0.6 is 0 Å². The van der Waals surface area contributed by atoms with Gasteiger partial charge in [0, 0.05) is 5.92 Å². The van der Waals surface area contributed by atoms with Crippen molar-refractivity contribution in [2.45, 2.75) is 64.7 Å². The van der Waals surface area contributed by atoms with Crippen LogP contribution in [0.3, 0.4) is 0 Å². The van der Waals surface area contributed by atoms with Gasteiger partial charge in [0.05, 0.1) is 0 Å². The maximum absolute atomic E-state index is 12.6. The number of carboxylic acid groups (broad SMARTS) is 1. The number of nitrogens with zero attached hydrogens (tertiary/aromatic N) is 1. The second-order valence-electron chi connectivity index (χ2n) is 7.79. The Hall–Kier alpha value is -2.19. The first-order valence-electron chi connectivity index (χ1n) is 7.62. The highest BCUT2D eigenvalue weighted by molar-refractivity contribution is 5.98. The Labute approximate surface area is 144 Å². The number of hydrogen-bond acceptors (Lipinski definition) is 5. The highest BCUT2D eigenvalue weighted by atomic mass is 19.3. The Kier molecular flexibility index (Phi) is 5.51. The zero-order valence-electron chi connectivity index (χ0n) is 15.1. The maximum Gasteiger partial charge on any atom is 0.420 e. The van der Waals surface area contributed by atoms with E-state index in [9.17, 15) is 28.3 Å². The third-order valence-electron chi connectivity index (χ3n) is 3.23. The molecule has 0 heterocycles. The predicted molar refractivity (Wildman–Crippen MR) is 83.1 cm³/mol. The van der Waals surface area contributed by atoms with Crippen molar-refractivity contribution in [2.24, 2.45) is 5.92 Å². The standard InChI is InChI=1S/C16H23F2NO6/c1-14(2,3)24-12(22)19(13(23)25-15(4,5)6)16(11(20)21)8-9(16)7-10(17)18/h7,9H,8H2,1-6H3,(H,20,21). The van der Waals surface area contributed by atoms with Gasteiger partial charge in [-0.25, -0.2) is 14.4 Å². The molecule has 2 atom stereocenters. The molecule has 0 aromatic rings. The van der Waals surface area contributed by atoms with E-state index in [1.165, 1.54) is 41.5 Å². The smallest absolute Gasteiger partial charge is 0.420 e. The Morgan fingerprint density at radius 1 is 1.04 bits per heavy atom. The second-order valence-corrected chi connectivity index (χ2v) is 7.79. The Balaban J connectivity index is 3.30. The van der Waals surface area contributed by atoms with Crippen molar-refractivity contribution in [1.82, 2.24) is 4.90 Å². The first kappa shape index (κ1) is 20.9. The predicted octanol–water partition coefficient (Wildman–Crippen LogP) is 3.78. The lowest BCUT2D eigenvalue weighted by atomic mass is 10.1. The number of rotatable bonds is 3. The van der Waals surface area contributed by atoms with Crippen LogP contribution in [0.5, 0.6) is 0 Å². The normalized spacial score (nSPS) is 22.6. The maximum atomic E-state index is 12.6. The van der Waals surface area contributed by atoms with Crippen LogP contribution in [0.4, 0.5) is 18.4 Å². The minimum atomic E-state index is -2.16. The van der Waals surface area contributed by atoms with Gasteiger partial charge in [0.2, 0.25) is 0 Å². The van der Waals surface area contributed by atoms with Gasteiger partial charge in [0.15, 0.2) is 5.54 Å². The summed E-state index contributed by atoms with van der Waals surface area (Å²) in [5.74, 6) is -2.82. The quantitative estimate of drug-likeness (QED) is 0.820. The van der Waals surface area contributed by atoms with Crippen LogP contribution in [0, 0.1) is 5.92 Å². The number of halogens is 2. The molecule has 1 saturated carbocycles. The second kappa shape index (κ2) is 6.61. The molecule has 0 aliphatic heterocycles. The SMILES string of the molecule is CC(C)(C)OC(=O)N(C(=O)OC(C)(C)C)C1(C(=O)O)CC1C=C(F)F. The van der Waals surface area contributed by atoms with E-state index in [0.717, 1.165) is 0 Å². The first-order valence-corrected chi connectivity index (χ1v) is 7.62. The zero-order chi connectivity index (χ0) is 19.8. The topological polar surface area (TPSA) is 93.1 Å². The van der Waals surface area contributed by atoms with Crippen molar-refractivity contribution in [2.75, 3.05) is 0 Å². The molecule has 0 bridgehead atoms. The summed E-state index contributed by atoms with van der Waals surface area (Å²) in [6.45, 7) is 9.15. The van der Waals surface area contributed by atoms with Gasteiger partial charge in [0.25, 0.3) is 6.08 Å². The largest absolute Gasteiger partial charge is 0.479 e. The average Bonchev–Trinajstić information content (AvgIpc) is 2.97. The van der Waals surface area contributed by atoms with Gasteiger partial charge in [-0.1, -0.05) is 0 Å². The van der Waals surface area contributed by atoms with Crippen LogP contribution in [0.15, 0.2) is 12.2 Å². The molecular formula is C16H23F2NO6. The highest BCUT2D eigenvalue weighted by Crippen LogP contribution is 2.51. The van der Waals surface area contributed by atoms with Crippen LogP contribution < -0.4 is 0 Å². The lowest BCUT2D eigenvalue weighted by molar-refractivity contribution is -0.145. The molecule has 25 heavy (non-hydrogen) atoms. The molecule has 0 radical (unpaired) electrons. The average molecular weight is 363 g/mol. The molecule has 142 valence electrons. The van der Waals surface area contributed by atoms with E-state index in [1.54, 1.807) is 0 Å². The van der Waals surface area contributed by atoms with E-state index in [1.807, 2.05) is 0 Å². The molecule has 1 rings (SSSR count). The molecule has 0 spiro atoms. The fraction of sp³-hybridized carbons (Fsp3) is 0.688. The summed E-state index contributed by atoms with van der Waals surface area (Å²) >= 11 is 0. The number of amides is 2.